The molecule has 0 aromatic rings. The number of rotatable bonds is 18. The molecular weight excluding hydrogens is 332 g/mol. The first-order valence-corrected chi connectivity index (χ1v) is 9.83. The quantitative estimate of drug-likeness (QED) is 0.211. The van der Waals surface area contributed by atoms with E-state index >= 15 is 0 Å². The zero-order chi connectivity index (χ0) is 19.5. The van der Waals surface area contributed by atoms with Crippen LogP contribution in [0.5, 0.6) is 0 Å². The van der Waals surface area contributed by atoms with E-state index in [1.807, 2.05) is 12.2 Å². The lowest BCUT2D eigenvalue weighted by molar-refractivity contribution is -0.154. The Labute approximate surface area is 158 Å². The summed E-state index contributed by atoms with van der Waals surface area (Å²) in [5.41, 5.74) is 0. The van der Waals surface area contributed by atoms with E-state index in [0.29, 0.717) is 13.0 Å². The van der Waals surface area contributed by atoms with Gasteiger partial charge in [-0.15, -0.1) is 6.58 Å². The number of allylic oxidation sites excluding steroid dienone is 2. The van der Waals surface area contributed by atoms with Gasteiger partial charge in [-0.1, -0.05) is 63.7 Å². The molecule has 0 saturated heterocycles. The summed E-state index contributed by atoms with van der Waals surface area (Å²) in [5, 5.41) is 8.97. The number of unbranched alkanes of at least 4 members (excludes halogenated alkanes) is 7. The molecule has 0 aliphatic carbocycles. The van der Waals surface area contributed by atoms with Gasteiger partial charge in [0.15, 0.2) is 0 Å². The molecule has 0 aliphatic heterocycles. The minimum atomic E-state index is -0.990. The molecule has 0 aromatic carbocycles. The molecule has 0 aromatic heterocycles. The average molecular weight is 369 g/mol. The zero-order valence-electron chi connectivity index (χ0n) is 16.3. The number of carboxylic acid groups (broad SMARTS) is 1. The van der Waals surface area contributed by atoms with Gasteiger partial charge >= 0.3 is 11.9 Å². The van der Waals surface area contributed by atoms with Crippen molar-refractivity contribution >= 4 is 11.9 Å². The van der Waals surface area contributed by atoms with Crippen molar-refractivity contribution in [2.24, 2.45) is 5.92 Å². The Hall–Kier alpha value is -1.62. The van der Waals surface area contributed by atoms with Crippen molar-refractivity contribution in [1.29, 1.82) is 0 Å². The third-order valence-electron chi connectivity index (χ3n) is 4.02. The molecule has 5 nitrogen and oxygen atoms in total. The van der Waals surface area contributed by atoms with E-state index in [1.54, 1.807) is 6.08 Å². The molecule has 0 heterocycles. The normalized spacial score (nSPS) is 12.2. The lowest BCUT2D eigenvalue weighted by atomic mass is 10.0. The first kappa shape index (κ1) is 24.4. The highest BCUT2D eigenvalue weighted by Gasteiger charge is 2.21. The fraction of sp³-hybridized carbons (Fsp3) is 0.714. The van der Waals surface area contributed by atoms with Crippen molar-refractivity contribution in [3.05, 3.63) is 24.8 Å². The minimum Gasteiger partial charge on any atom is -0.481 e. The molecule has 0 aliphatic rings. The average Bonchev–Trinajstić information content (AvgIpc) is 2.61. The first-order valence-electron chi connectivity index (χ1n) is 9.83. The highest BCUT2D eigenvalue weighted by Crippen LogP contribution is 2.14. The molecule has 26 heavy (non-hydrogen) atoms. The van der Waals surface area contributed by atoms with Crippen LogP contribution < -0.4 is 0 Å². The molecule has 0 amide bonds. The van der Waals surface area contributed by atoms with Crippen molar-refractivity contribution in [3.8, 4) is 0 Å². The second-order valence-corrected chi connectivity index (χ2v) is 6.44. The lowest BCUT2D eigenvalue weighted by Crippen LogP contribution is -2.22. The van der Waals surface area contributed by atoms with E-state index in [0.717, 1.165) is 12.8 Å². The molecule has 0 spiro atoms. The summed E-state index contributed by atoms with van der Waals surface area (Å²) in [7, 11) is 0. The Balaban J connectivity index is 3.95. The maximum Gasteiger partial charge on any atom is 0.309 e. The summed E-state index contributed by atoms with van der Waals surface area (Å²) >= 11 is 0. The summed E-state index contributed by atoms with van der Waals surface area (Å²) < 4.78 is 10.2. The van der Waals surface area contributed by atoms with Crippen molar-refractivity contribution in [2.75, 3.05) is 19.8 Å². The van der Waals surface area contributed by atoms with Crippen LogP contribution in [0.3, 0.4) is 0 Å². The van der Waals surface area contributed by atoms with E-state index in [-0.39, 0.29) is 19.6 Å². The number of ether oxygens (including phenoxy) is 2. The fourth-order valence-electron chi connectivity index (χ4n) is 2.56. The van der Waals surface area contributed by atoms with Gasteiger partial charge in [-0.2, -0.15) is 0 Å². The van der Waals surface area contributed by atoms with Crippen LogP contribution >= 0.6 is 0 Å². The summed E-state index contributed by atoms with van der Waals surface area (Å²) in [6.45, 7) is 6.56. The number of esters is 1. The van der Waals surface area contributed by atoms with Gasteiger partial charge in [-0.3, -0.25) is 9.59 Å². The van der Waals surface area contributed by atoms with Gasteiger partial charge < -0.3 is 14.6 Å². The lowest BCUT2D eigenvalue weighted by Gasteiger charge is -2.12. The van der Waals surface area contributed by atoms with Crippen molar-refractivity contribution in [3.63, 3.8) is 0 Å². The Morgan fingerprint density at radius 2 is 1.73 bits per heavy atom. The predicted octanol–water partition coefficient (Wildman–Crippen LogP) is 4.91. The van der Waals surface area contributed by atoms with Crippen molar-refractivity contribution in [1.82, 2.24) is 0 Å². The van der Waals surface area contributed by atoms with Gasteiger partial charge in [0, 0.05) is 0 Å². The smallest absolute Gasteiger partial charge is 0.309 e. The van der Waals surface area contributed by atoms with Crippen molar-refractivity contribution in [2.45, 2.75) is 71.1 Å². The van der Waals surface area contributed by atoms with Gasteiger partial charge in [-0.05, 0) is 19.3 Å². The molecule has 5 heteroatoms. The van der Waals surface area contributed by atoms with Gasteiger partial charge in [-0.25, -0.2) is 0 Å². The standard InChI is InChI=1S/C21H36O5/c1-3-5-6-7-8-9-10-11-12-13-14-19(18-20(22)23)21(24)26-17-16-25-15-4-2/h4,12-13,19H,2-3,5-11,14-18H2,1H3,(H,22,23)/b13-12+. The topological polar surface area (TPSA) is 72.8 Å². The second-order valence-electron chi connectivity index (χ2n) is 6.44. The monoisotopic (exact) mass is 368 g/mol. The molecule has 150 valence electrons. The third kappa shape index (κ3) is 15.9. The maximum absolute atomic E-state index is 12.0. The molecule has 0 saturated carbocycles. The van der Waals surface area contributed by atoms with Gasteiger partial charge in [0.1, 0.15) is 6.61 Å². The Kier molecular flexibility index (Phi) is 17.0. The molecule has 0 radical (unpaired) electrons. The molecule has 1 unspecified atom stereocenters. The Morgan fingerprint density at radius 1 is 1.04 bits per heavy atom. The predicted molar refractivity (Wildman–Crippen MR) is 104 cm³/mol. The molecule has 1 N–H and O–H groups in total. The number of carboxylic acids is 1. The van der Waals surface area contributed by atoms with Crippen LogP contribution in [0.2, 0.25) is 0 Å². The number of hydrogen-bond donors (Lipinski definition) is 1. The number of aliphatic carboxylic acids is 1. The highest BCUT2D eigenvalue weighted by molar-refractivity contribution is 5.79. The van der Waals surface area contributed by atoms with Gasteiger partial charge in [0.05, 0.1) is 25.6 Å². The van der Waals surface area contributed by atoms with Crippen LogP contribution in [0.15, 0.2) is 24.8 Å². The van der Waals surface area contributed by atoms with Crippen LogP contribution in [0.25, 0.3) is 0 Å². The summed E-state index contributed by atoms with van der Waals surface area (Å²) in [5.74, 6) is -2.11. The van der Waals surface area contributed by atoms with Crippen molar-refractivity contribution < 1.29 is 24.2 Å². The van der Waals surface area contributed by atoms with Crippen LogP contribution in [-0.4, -0.2) is 36.9 Å². The zero-order valence-corrected chi connectivity index (χ0v) is 16.3. The third-order valence-corrected chi connectivity index (χ3v) is 4.02. The fourth-order valence-corrected chi connectivity index (χ4v) is 2.56. The number of carbonyl (C=O) groups is 2. The maximum atomic E-state index is 12.0. The number of carbonyl (C=O) groups excluding carboxylic acids is 1. The summed E-state index contributed by atoms with van der Waals surface area (Å²) in [4.78, 5) is 23.0. The van der Waals surface area contributed by atoms with Crippen LogP contribution in [0.4, 0.5) is 0 Å². The van der Waals surface area contributed by atoms with E-state index in [4.69, 9.17) is 14.6 Å². The minimum absolute atomic E-state index is 0.130. The van der Waals surface area contributed by atoms with E-state index in [9.17, 15) is 9.59 Å². The largest absolute Gasteiger partial charge is 0.481 e. The van der Waals surface area contributed by atoms with E-state index in [2.05, 4.69) is 13.5 Å². The molecule has 0 fully saturated rings. The van der Waals surface area contributed by atoms with Crippen LogP contribution in [0.1, 0.15) is 71.1 Å². The molecule has 0 bridgehead atoms. The van der Waals surface area contributed by atoms with Gasteiger partial charge in [0.2, 0.25) is 0 Å². The molecule has 1 atom stereocenters. The van der Waals surface area contributed by atoms with Gasteiger partial charge in [0.25, 0.3) is 0 Å². The van der Waals surface area contributed by atoms with Crippen LogP contribution in [-0.2, 0) is 19.1 Å². The van der Waals surface area contributed by atoms with E-state index < -0.39 is 17.9 Å². The van der Waals surface area contributed by atoms with Crippen LogP contribution in [0, 0.1) is 5.92 Å². The molecule has 0 rings (SSSR count). The second kappa shape index (κ2) is 18.2. The van der Waals surface area contributed by atoms with E-state index in [1.165, 1.54) is 38.5 Å². The number of hydrogen-bond acceptors (Lipinski definition) is 4. The SMILES string of the molecule is C=CCOCCOC(=O)C(C/C=C/CCCCCCCCC)CC(=O)O. The summed E-state index contributed by atoms with van der Waals surface area (Å²) in [6, 6.07) is 0. The Bertz CT molecular complexity index is 403. The summed E-state index contributed by atoms with van der Waals surface area (Å²) in [6.07, 6.45) is 15.6. The molecular formula is C21H36O5. The first-order chi connectivity index (χ1) is 12.6. The Morgan fingerprint density at radius 3 is 2.38 bits per heavy atom. The highest BCUT2D eigenvalue weighted by atomic mass is 16.6.